The van der Waals surface area contributed by atoms with Gasteiger partial charge in [-0.15, -0.1) is 0 Å². The average Bonchev–Trinajstić information content (AvgIpc) is 2.53. The highest BCUT2D eigenvalue weighted by Gasteiger charge is 2.00. The summed E-state index contributed by atoms with van der Waals surface area (Å²) in [7, 11) is 5.56. The Hall–Kier alpha value is -1.37. The summed E-state index contributed by atoms with van der Waals surface area (Å²) in [4.78, 5) is 10.5. The number of halogens is 1. The Balaban J connectivity index is 2.18. The van der Waals surface area contributed by atoms with Crippen molar-refractivity contribution in [1.29, 1.82) is 0 Å². The first-order chi connectivity index (χ1) is 10.7. The molecule has 0 bridgehead atoms. The molecule has 0 saturated heterocycles. The summed E-state index contributed by atoms with van der Waals surface area (Å²) in [6, 6.07) is 3.79. The highest BCUT2D eigenvalue weighted by atomic mass is 35.5. The second-order valence-corrected chi connectivity index (χ2v) is 5.35. The predicted molar refractivity (Wildman–Crippen MR) is 91.7 cm³/mol. The molecule has 22 heavy (non-hydrogen) atoms. The molecule has 1 heterocycles. The highest BCUT2D eigenvalue weighted by Crippen LogP contribution is 2.05. The Bertz CT molecular complexity index is 438. The van der Waals surface area contributed by atoms with Crippen molar-refractivity contribution in [3.05, 3.63) is 29.0 Å². The van der Waals surface area contributed by atoms with Crippen molar-refractivity contribution < 1.29 is 4.74 Å². The van der Waals surface area contributed by atoms with Crippen molar-refractivity contribution in [2.24, 2.45) is 4.99 Å². The van der Waals surface area contributed by atoms with Gasteiger partial charge in [-0.1, -0.05) is 17.7 Å². The molecule has 0 atom stereocenters. The second-order valence-electron chi connectivity index (χ2n) is 4.96. The van der Waals surface area contributed by atoms with Crippen molar-refractivity contribution >= 4 is 17.6 Å². The van der Waals surface area contributed by atoms with E-state index < -0.39 is 0 Å². The zero-order chi connectivity index (χ0) is 16.2. The van der Waals surface area contributed by atoms with Gasteiger partial charge in [0.25, 0.3) is 0 Å². The maximum absolute atomic E-state index is 5.77. The minimum absolute atomic E-state index is 0.520. The number of likely N-dealkylation sites (N-methyl/N-ethyl adjacent to an activating group) is 1. The molecule has 0 aliphatic carbocycles. The van der Waals surface area contributed by atoms with Gasteiger partial charge in [0.15, 0.2) is 5.96 Å². The quantitative estimate of drug-likeness (QED) is 0.403. The molecule has 0 radical (unpaired) electrons. The number of aliphatic imine (C=N–C) groups is 1. The molecule has 1 aromatic heterocycles. The minimum atomic E-state index is 0.520. The number of rotatable bonds is 9. The predicted octanol–water partition coefficient (Wildman–Crippen LogP) is 1.02. The van der Waals surface area contributed by atoms with Crippen LogP contribution in [0.15, 0.2) is 23.3 Å². The lowest BCUT2D eigenvalue weighted by Crippen LogP contribution is -2.42. The molecule has 124 valence electrons. The fourth-order valence-electron chi connectivity index (χ4n) is 1.82. The number of aromatic nitrogens is 1. The molecule has 0 fully saturated rings. The molecule has 0 aliphatic rings. The van der Waals surface area contributed by atoms with Crippen LogP contribution in [0, 0.1) is 0 Å². The van der Waals surface area contributed by atoms with Crippen LogP contribution >= 0.6 is 11.6 Å². The van der Waals surface area contributed by atoms with E-state index in [1.807, 2.05) is 6.07 Å². The first-order valence-corrected chi connectivity index (χ1v) is 7.76. The topological polar surface area (TPSA) is 61.8 Å². The Morgan fingerprint density at radius 3 is 2.73 bits per heavy atom. The first kappa shape index (κ1) is 18.7. The number of hydrogen-bond donors (Lipinski definition) is 2. The van der Waals surface area contributed by atoms with Crippen LogP contribution in [0.1, 0.15) is 5.56 Å². The maximum Gasteiger partial charge on any atom is 0.191 e. The number of pyridine rings is 1. The monoisotopic (exact) mass is 327 g/mol. The van der Waals surface area contributed by atoms with Crippen LogP contribution in [0.5, 0.6) is 0 Å². The van der Waals surface area contributed by atoms with Crippen LogP contribution in [0.2, 0.25) is 5.15 Å². The normalized spacial score (nSPS) is 11.8. The molecule has 0 amide bonds. The zero-order valence-corrected chi connectivity index (χ0v) is 14.4. The van der Waals surface area contributed by atoms with E-state index in [0.717, 1.165) is 50.7 Å². The average molecular weight is 328 g/mol. The van der Waals surface area contributed by atoms with Gasteiger partial charge in [-0.3, -0.25) is 4.99 Å². The van der Waals surface area contributed by atoms with Crippen molar-refractivity contribution in [2.75, 3.05) is 54.0 Å². The third-order valence-electron chi connectivity index (χ3n) is 3.18. The molecule has 0 aliphatic heterocycles. The fraction of sp³-hybridized carbons (Fsp3) is 0.600. The molecule has 7 heteroatoms. The summed E-state index contributed by atoms with van der Waals surface area (Å²) in [6.45, 7) is 4.24. The van der Waals surface area contributed by atoms with Crippen LogP contribution in [0.3, 0.4) is 0 Å². The van der Waals surface area contributed by atoms with Gasteiger partial charge < -0.3 is 20.3 Å². The Labute approximate surface area is 137 Å². The summed E-state index contributed by atoms with van der Waals surface area (Å²) in [5.74, 6) is 0.807. The lowest BCUT2D eigenvalue weighted by atomic mass is 10.2. The molecular weight excluding hydrogens is 302 g/mol. The molecule has 6 nitrogen and oxygen atoms in total. The highest BCUT2D eigenvalue weighted by molar-refractivity contribution is 6.29. The summed E-state index contributed by atoms with van der Waals surface area (Å²) in [5.41, 5.74) is 1.15. The number of methoxy groups -OCH3 is 1. The van der Waals surface area contributed by atoms with Crippen molar-refractivity contribution in [1.82, 2.24) is 20.5 Å². The molecule has 0 unspecified atom stereocenters. The SMILES string of the molecule is CN=C(NCCc1ccc(Cl)nc1)NCCN(C)CCOC. The van der Waals surface area contributed by atoms with E-state index in [1.54, 1.807) is 26.4 Å². The largest absolute Gasteiger partial charge is 0.383 e. The van der Waals surface area contributed by atoms with Gasteiger partial charge in [0.2, 0.25) is 0 Å². The molecular formula is C15H26ClN5O. The Morgan fingerprint density at radius 2 is 2.09 bits per heavy atom. The van der Waals surface area contributed by atoms with E-state index in [4.69, 9.17) is 16.3 Å². The molecule has 0 saturated carbocycles. The zero-order valence-electron chi connectivity index (χ0n) is 13.6. The molecule has 0 aromatic carbocycles. The molecule has 2 N–H and O–H groups in total. The summed E-state index contributed by atoms with van der Waals surface area (Å²) >= 11 is 5.77. The van der Waals surface area contributed by atoms with Crippen LogP contribution < -0.4 is 10.6 Å². The Morgan fingerprint density at radius 1 is 1.32 bits per heavy atom. The van der Waals surface area contributed by atoms with Crippen LogP contribution in [0.4, 0.5) is 0 Å². The lowest BCUT2D eigenvalue weighted by Gasteiger charge is -2.17. The van der Waals surface area contributed by atoms with Crippen molar-refractivity contribution in [2.45, 2.75) is 6.42 Å². The van der Waals surface area contributed by atoms with Gasteiger partial charge >= 0.3 is 0 Å². The van der Waals surface area contributed by atoms with Crippen LogP contribution in [-0.2, 0) is 11.2 Å². The lowest BCUT2D eigenvalue weighted by molar-refractivity contribution is 0.162. The number of guanidine groups is 1. The van der Waals surface area contributed by atoms with Gasteiger partial charge in [0.1, 0.15) is 5.15 Å². The smallest absolute Gasteiger partial charge is 0.191 e. The number of hydrogen-bond acceptors (Lipinski definition) is 4. The molecule has 0 spiro atoms. The van der Waals surface area contributed by atoms with Crippen molar-refractivity contribution in [3.63, 3.8) is 0 Å². The van der Waals surface area contributed by atoms with Gasteiger partial charge in [0.05, 0.1) is 6.61 Å². The van der Waals surface area contributed by atoms with Crippen LogP contribution in [-0.4, -0.2) is 69.8 Å². The van der Waals surface area contributed by atoms with E-state index in [-0.39, 0.29) is 0 Å². The van der Waals surface area contributed by atoms with Gasteiger partial charge in [0, 0.05) is 46.5 Å². The van der Waals surface area contributed by atoms with E-state index in [1.165, 1.54) is 0 Å². The number of nitrogens with zero attached hydrogens (tertiary/aromatic N) is 3. The van der Waals surface area contributed by atoms with Gasteiger partial charge in [-0.25, -0.2) is 4.98 Å². The van der Waals surface area contributed by atoms with Gasteiger partial charge in [-0.2, -0.15) is 0 Å². The van der Waals surface area contributed by atoms with Crippen molar-refractivity contribution in [3.8, 4) is 0 Å². The summed E-state index contributed by atoms with van der Waals surface area (Å²) < 4.78 is 5.05. The third kappa shape index (κ3) is 8.17. The van der Waals surface area contributed by atoms with E-state index in [2.05, 4.69) is 32.6 Å². The van der Waals surface area contributed by atoms with E-state index in [0.29, 0.717) is 5.15 Å². The molecule has 1 aromatic rings. The maximum atomic E-state index is 5.77. The summed E-state index contributed by atoms with van der Waals surface area (Å²) in [6.07, 6.45) is 2.67. The van der Waals surface area contributed by atoms with E-state index >= 15 is 0 Å². The molecule has 1 rings (SSSR count). The fourth-order valence-corrected chi connectivity index (χ4v) is 1.94. The van der Waals surface area contributed by atoms with E-state index in [9.17, 15) is 0 Å². The second kappa shape index (κ2) is 11.2. The summed E-state index contributed by atoms with van der Waals surface area (Å²) in [5, 5.41) is 7.10. The number of nitrogens with one attached hydrogen (secondary N) is 2. The Kier molecular flexibility index (Phi) is 9.54. The van der Waals surface area contributed by atoms with Crippen LogP contribution in [0.25, 0.3) is 0 Å². The number of ether oxygens (including phenoxy) is 1. The first-order valence-electron chi connectivity index (χ1n) is 7.38. The third-order valence-corrected chi connectivity index (χ3v) is 3.41. The standard InChI is InChI=1S/C15H26ClN5O/c1-17-15(19-8-9-21(2)10-11-22-3)18-7-6-13-4-5-14(16)20-12-13/h4-5,12H,6-11H2,1-3H3,(H2,17,18,19). The van der Waals surface area contributed by atoms with Gasteiger partial charge in [-0.05, 0) is 25.1 Å². The minimum Gasteiger partial charge on any atom is -0.383 e.